The van der Waals surface area contributed by atoms with Gasteiger partial charge in [-0.3, -0.25) is 10.4 Å². The van der Waals surface area contributed by atoms with Crippen LogP contribution in [-0.2, 0) is 0 Å². The van der Waals surface area contributed by atoms with Gasteiger partial charge in [-0.2, -0.15) is 5.10 Å². The van der Waals surface area contributed by atoms with Crippen LogP contribution in [0, 0.1) is 0 Å². The summed E-state index contributed by atoms with van der Waals surface area (Å²) in [5.74, 6) is 3.49. The zero-order chi connectivity index (χ0) is 20.6. The minimum atomic E-state index is 0.106. The quantitative estimate of drug-likeness (QED) is 0.521. The van der Waals surface area contributed by atoms with Crippen LogP contribution in [0.1, 0.15) is 24.1 Å². The molecule has 29 heavy (non-hydrogen) atoms. The lowest BCUT2D eigenvalue weighted by Gasteiger charge is -2.14. The number of amidine groups is 1. The van der Waals surface area contributed by atoms with Crippen LogP contribution in [0.5, 0.6) is 23.0 Å². The van der Waals surface area contributed by atoms with E-state index in [1.54, 1.807) is 39.3 Å². The van der Waals surface area contributed by atoms with E-state index in [4.69, 9.17) is 23.9 Å². The number of hydrazone groups is 1. The second-order valence-electron chi connectivity index (χ2n) is 6.09. The molecule has 0 saturated heterocycles. The maximum atomic E-state index is 5.62. The van der Waals surface area contributed by atoms with Crippen LogP contribution in [0.2, 0.25) is 0 Å². The van der Waals surface area contributed by atoms with Crippen LogP contribution in [0.4, 0.5) is 0 Å². The van der Waals surface area contributed by atoms with Crippen molar-refractivity contribution < 1.29 is 18.9 Å². The first kappa shape index (κ1) is 20.9. The molecule has 1 atom stereocenters. The molecule has 8 heteroatoms. The highest BCUT2D eigenvalue weighted by Gasteiger charge is 2.20. The van der Waals surface area contributed by atoms with E-state index >= 15 is 0 Å². The lowest BCUT2D eigenvalue weighted by atomic mass is 10.1. The molecule has 1 aliphatic heterocycles. The molecule has 0 aromatic heterocycles. The third-order valence-corrected chi connectivity index (χ3v) is 5.25. The summed E-state index contributed by atoms with van der Waals surface area (Å²) in [5, 5.41) is 5.09. The predicted octanol–water partition coefficient (Wildman–Crippen LogP) is 3.88. The van der Waals surface area contributed by atoms with Gasteiger partial charge in [-0.1, -0.05) is 23.9 Å². The van der Waals surface area contributed by atoms with E-state index in [1.807, 2.05) is 43.3 Å². The van der Waals surface area contributed by atoms with Crippen molar-refractivity contribution in [1.29, 1.82) is 0 Å². The fourth-order valence-electron chi connectivity index (χ4n) is 2.86. The molecule has 0 radical (unpaired) electrons. The van der Waals surface area contributed by atoms with Crippen LogP contribution in [0.25, 0.3) is 0 Å². The molecule has 0 fully saturated rings. The summed E-state index contributed by atoms with van der Waals surface area (Å²) in [6.07, 6.45) is 1.70. The predicted molar refractivity (Wildman–Crippen MR) is 117 cm³/mol. The summed E-state index contributed by atoms with van der Waals surface area (Å²) in [4.78, 5) is 4.70. The van der Waals surface area contributed by atoms with Crippen molar-refractivity contribution >= 4 is 23.1 Å². The summed E-state index contributed by atoms with van der Waals surface area (Å²) in [6.45, 7) is 2.44. The minimum absolute atomic E-state index is 0.106. The number of thioether (sulfide) groups is 1. The average molecular weight is 416 g/mol. The van der Waals surface area contributed by atoms with Crippen LogP contribution in [0.3, 0.4) is 0 Å². The molecule has 2 aromatic rings. The highest BCUT2D eigenvalue weighted by Crippen LogP contribution is 2.38. The molecule has 0 aliphatic carbocycles. The van der Waals surface area contributed by atoms with Crippen LogP contribution < -0.4 is 24.4 Å². The molecular weight excluding hydrogens is 390 g/mol. The largest absolute Gasteiger partial charge is 0.497 e. The van der Waals surface area contributed by atoms with E-state index in [9.17, 15) is 0 Å². The molecule has 1 aliphatic rings. The van der Waals surface area contributed by atoms with Crippen molar-refractivity contribution in [1.82, 2.24) is 5.43 Å². The van der Waals surface area contributed by atoms with Crippen molar-refractivity contribution in [3.63, 3.8) is 0 Å². The molecule has 2 aromatic carbocycles. The summed E-state index contributed by atoms with van der Waals surface area (Å²) in [7, 11) is 4.85. The molecule has 1 heterocycles. The average Bonchev–Trinajstić information content (AvgIpc) is 3.23. The van der Waals surface area contributed by atoms with Crippen molar-refractivity contribution in [3.8, 4) is 23.0 Å². The second-order valence-corrected chi connectivity index (χ2v) is 7.10. The number of benzene rings is 2. The van der Waals surface area contributed by atoms with Crippen LogP contribution in [0.15, 0.2) is 46.5 Å². The van der Waals surface area contributed by atoms with Crippen molar-refractivity contribution in [2.24, 2.45) is 10.1 Å². The Kier molecular flexibility index (Phi) is 7.24. The monoisotopic (exact) mass is 415 g/mol. The maximum Gasteiger partial charge on any atom is 0.203 e. The van der Waals surface area contributed by atoms with Gasteiger partial charge < -0.3 is 18.9 Å². The van der Waals surface area contributed by atoms with E-state index < -0.39 is 0 Å². The van der Waals surface area contributed by atoms with Gasteiger partial charge in [-0.25, -0.2) is 0 Å². The molecular formula is C21H25N3O4S. The first-order valence-electron chi connectivity index (χ1n) is 9.21. The normalized spacial score (nSPS) is 15.9. The molecule has 7 nitrogen and oxygen atoms in total. The summed E-state index contributed by atoms with van der Waals surface area (Å²) in [5.41, 5.74) is 4.99. The molecule has 0 unspecified atom stereocenters. The maximum absolute atomic E-state index is 5.62. The minimum Gasteiger partial charge on any atom is -0.497 e. The van der Waals surface area contributed by atoms with E-state index in [2.05, 4.69) is 10.5 Å². The van der Waals surface area contributed by atoms with E-state index in [-0.39, 0.29) is 6.04 Å². The molecule has 0 saturated carbocycles. The Hall–Kier alpha value is -2.87. The zero-order valence-corrected chi connectivity index (χ0v) is 17.8. The smallest absolute Gasteiger partial charge is 0.203 e. The van der Waals surface area contributed by atoms with Crippen molar-refractivity contribution in [3.05, 3.63) is 47.5 Å². The van der Waals surface area contributed by atoms with Gasteiger partial charge in [0.25, 0.3) is 0 Å². The first-order chi connectivity index (χ1) is 14.2. The third kappa shape index (κ3) is 5.14. The fraction of sp³-hybridized carbons (Fsp3) is 0.333. The first-order valence-corrected chi connectivity index (χ1v) is 10.2. The Morgan fingerprint density at radius 3 is 2.38 bits per heavy atom. The topological polar surface area (TPSA) is 73.7 Å². The number of aliphatic imine (C=N–C) groups is 1. The highest BCUT2D eigenvalue weighted by molar-refractivity contribution is 8.14. The van der Waals surface area contributed by atoms with Gasteiger partial charge in [-0.15, -0.1) is 0 Å². The lowest BCUT2D eigenvalue weighted by Crippen LogP contribution is -2.11. The molecule has 0 amide bonds. The van der Waals surface area contributed by atoms with Crippen molar-refractivity contribution in [2.75, 3.05) is 33.7 Å². The molecule has 154 valence electrons. The van der Waals surface area contributed by atoms with Gasteiger partial charge in [0.05, 0.1) is 40.2 Å². The summed E-state index contributed by atoms with van der Waals surface area (Å²) >= 11 is 1.64. The van der Waals surface area contributed by atoms with Gasteiger partial charge >= 0.3 is 0 Å². The van der Waals surface area contributed by atoms with Crippen molar-refractivity contribution in [2.45, 2.75) is 13.0 Å². The Morgan fingerprint density at radius 2 is 1.79 bits per heavy atom. The van der Waals surface area contributed by atoms with E-state index in [1.165, 1.54) is 0 Å². The number of nitrogens with one attached hydrogen (secondary N) is 1. The Morgan fingerprint density at radius 1 is 1.10 bits per heavy atom. The van der Waals surface area contributed by atoms with Gasteiger partial charge in [0.15, 0.2) is 16.7 Å². The summed E-state index contributed by atoms with van der Waals surface area (Å²) < 4.78 is 21.7. The van der Waals surface area contributed by atoms with Gasteiger partial charge in [-0.05, 0) is 36.8 Å². The number of rotatable bonds is 8. The Balaban J connectivity index is 1.67. The highest BCUT2D eigenvalue weighted by atomic mass is 32.2. The fourth-order valence-corrected chi connectivity index (χ4v) is 3.76. The lowest BCUT2D eigenvalue weighted by molar-refractivity contribution is 0.288. The number of ether oxygens (including phenoxy) is 4. The number of hydrogen-bond donors (Lipinski definition) is 1. The van der Waals surface area contributed by atoms with Gasteiger partial charge in [0.1, 0.15) is 5.75 Å². The van der Waals surface area contributed by atoms with E-state index in [0.717, 1.165) is 27.8 Å². The Bertz CT molecular complexity index is 859. The molecule has 0 spiro atoms. The number of methoxy groups -OCH3 is 3. The zero-order valence-electron chi connectivity index (χ0n) is 17.0. The van der Waals surface area contributed by atoms with Crippen LogP contribution >= 0.6 is 11.8 Å². The second kappa shape index (κ2) is 10.1. The SMILES string of the molecule is CCOc1c(OC)cc(/C=N/NC2=N[C@H](c3ccc(OC)cc3)CS2)cc1OC. The van der Waals surface area contributed by atoms with Crippen LogP contribution in [-0.4, -0.2) is 45.1 Å². The Labute approximate surface area is 175 Å². The molecule has 1 N–H and O–H groups in total. The molecule has 0 bridgehead atoms. The van der Waals surface area contributed by atoms with E-state index in [0.29, 0.717) is 23.9 Å². The molecule has 3 rings (SSSR count). The van der Waals surface area contributed by atoms with Gasteiger partial charge in [0.2, 0.25) is 5.75 Å². The summed E-state index contributed by atoms with van der Waals surface area (Å²) in [6, 6.07) is 11.8. The van der Waals surface area contributed by atoms with Gasteiger partial charge in [0, 0.05) is 11.3 Å². The number of hydrogen-bond acceptors (Lipinski definition) is 8. The third-order valence-electron chi connectivity index (χ3n) is 4.30. The standard InChI is InChI=1S/C21H25N3O4S/c1-5-28-20-18(26-3)10-14(11-19(20)27-4)12-22-24-21-23-17(13-29-21)15-6-8-16(25-2)9-7-15/h6-12,17H,5,13H2,1-4H3,(H,23,24)/b22-12+/t17-/m0/s1. The number of nitrogens with zero attached hydrogens (tertiary/aromatic N) is 2.